The Bertz CT molecular complexity index is 836. The fourth-order valence-electron chi connectivity index (χ4n) is 2.83. The first-order valence-corrected chi connectivity index (χ1v) is 9.41. The van der Waals surface area contributed by atoms with Crippen LogP contribution in [0.2, 0.25) is 5.02 Å². The zero-order valence-corrected chi connectivity index (χ0v) is 15.8. The maximum Gasteiger partial charge on any atom is 0.258 e. The predicted octanol–water partition coefficient (Wildman–Crippen LogP) is 4.33. The van der Waals surface area contributed by atoms with Crippen LogP contribution in [0.25, 0.3) is 0 Å². The molecule has 1 aliphatic rings. The van der Waals surface area contributed by atoms with Crippen molar-refractivity contribution in [3.63, 3.8) is 0 Å². The van der Waals surface area contributed by atoms with Gasteiger partial charge in [-0.15, -0.1) is 22.9 Å². The van der Waals surface area contributed by atoms with Crippen molar-refractivity contribution in [3.8, 4) is 5.75 Å². The number of methoxy groups -OCH3 is 1. The Balaban J connectivity index is 1.88. The average molecular weight is 399 g/mol. The van der Waals surface area contributed by atoms with E-state index in [9.17, 15) is 9.59 Å². The summed E-state index contributed by atoms with van der Waals surface area (Å²) in [6.45, 7) is 0. The highest BCUT2D eigenvalue weighted by Crippen LogP contribution is 2.39. The van der Waals surface area contributed by atoms with Gasteiger partial charge in [-0.25, -0.2) is 0 Å². The summed E-state index contributed by atoms with van der Waals surface area (Å²) in [5.74, 6) is -0.225. The van der Waals surface area contributed by atoms with Crippen molar-refractivity contribution in [2.75, 3.05) is 23.6 Å². The number of amides is 2. The zero-order chi connectivity index (χ0) is 18.0. The largest absolute Gasteiger partial charge is 0.495 e. The van der Waals surface area contributed by atoms with Gasteiger partial charge in [0.15, 0.2) is 0 Å². The predicted molar refractivity (Wildman–Crippen MR) is 102 cm³/mol. The van der Waals surface area contributed by atoms with Crippen LogP contribution in [0.5, 0.6) is 5.75 Å². The average Bonchev–Trinajstić information content (AvgIpc) is 3.15. The van der Waals surface area contributed by atoms with Crippen LogP contribution in [0, 0.1) is 0 Å². The molecule has 3 rings (SSSR count). The van der Waals surface area contributed by atoms with Crippen molar-refractivity contribution in [3.05, 3.63) is 39.2 Å². The molecule has 0 saturated heterocycles. The number of thiophene rings is 1. The number of hydrogen-bond donors (Lipinski definition) is 2. The minimum absolute atomic E-state index is 0.155. The minimum atomic E-state index is -0.330. The molecule has 1 heterocycles. The highest BCUT2D eigenvalue weighted by Gasteiger charge is 2.27. The molecular weight excluding hydrogens is 383 g/mol. The Morgan fingerprint density at radius 3 is 2.76 bits per heavy atom. The fraction of sp³-hybridized carbons (Fsp3) is 0.294. The van der Waals surface area contributed by atoms with Crippen molar-refractivity contribution >= 4 is 57.0 Å². The Kier molecular flexibility index (Phi) is 5.51. The SMILES string of the molecule is COc1ccc(NC(=O)c2c(NC(=O)CCl)sc3c2CCC3)cc1Cl. The topological polar surface area (TPSA) is 67.4 Å². The summed E-state index contributed by atoms with van der Waals surface area (Å²) < 4.78 is 5.11. The van der Waals surface area contributed by atoms with Gasteiger partial charge in [0.2, 0.25) is 5.91 Å². The molecule has 132 valence electrons. The van der Waals surface area contributed by atoms with Gasteiger partial charge in [0.1, 0.15) is 16.6 Å². The Hall–Kier alpha value is -1.76. The number of anilines is 2. The lowest BCUT2D eigenvalue weighted by molar-refractivity contribution is -0.113. The van der Waals surface area contributed by atoms with Crippen LogP contribution in [0.4, 0.5) is 10.7 Å². The molecule has 1 aromatic carbocycles. The van der Waals surface area contributed by atoms with Crippen LogP contribution < -0.4 is 15.4 Å². The second-order valence-electron chi connectivity index (χ2n) is 5.55. The molecule has 2 amide bonds. The minimum Gasteiger partial charge on any atom is -0.495 e. The molecule has 0 saturated carbocycles. The molecule has 8 heteroatoms. The van der Waals surface area contributed by atoms with E-state index < -0.39 is 0 Å². The molecule has 2 aromatic rings. The number of ether oxygens (including phenoxy) is 1. The number of nitrogens with one attached hydrogen (secondary N) is 2. The summed E-state index contributed by atoms with van der Waals surface area (Å²) in [5, 5.41) is 6.53. The van der Waals surface area contributed by atoms with Gasteiger partial charge >= 0.3 is 0 Å². The van der Waals surface area contributed by atoms with Gasteiger partial charge in [-0.1, -0.05) is 11.6 Å². The second-order valence-corrected chi connectivity index (χ2v) is 7.33. The zero-order valence-electron chi connectivity index (χ0n) is 13.4. The molecule has 0 spiro atoms. The van der Waals surface area contributed by atoms with Crippen molar-refractivity contribution < 1.29 is 14.3 Å². The molecule has 2 N–H and O–H groups in total. The van der Waals surface area contributed by atoms with Crippen molar-refractivity contribution in [2.24, 2.45) is 0 Å². The van der Waals surface area contributed by atoms with Gasteiger partial charge in [-0.3, -0.25) is 9.59 Å². The van der Waals surface area contributed by atoms with E-state index in [1.807, 2.05) is 0 Å². The number of rotatable bonds is 5. The summed E-state index contributed by atoms with van der Waals surface area (Å²) in [4.78, 5) is 25.6. The standard InChI is InChI=1S/C17H16Cl2N2O3S/c1-24-12-6-5-9(7-11(12)19)20-16(23)15-10-3-2-4-13(10)25-17(15)21-14(22)8-18/h5-7H,2-4,8H2,1H3,(H,20,23)(H,21,22). The lowest BCUT2D eigenvalue weighted by Gasteiger charge is -2.10. The highest BCUT2D eigenvalue weighted by atomic mass is 35.5. The van der Waals surface area contributed by atoms with Crippen LogP contribution in [-0.2, 0) is 17.6 Å². The number of halogens is 2. The first-order valence-electron chi connectivity index (χ1n) is 7.68. The maximum absolute atomic E-state index is 12.8. The molecule has 1 aliphatic carbocycles. The molecule has 0 bridgehead atoms. The van der Waals surface area contributed by atoms with E-state index in [4.69, 9.17) is 27.9 Å². The van der Waals surface area contributed by atoms with E-state index in [1.165, 1.54) is 18.4 Å². The second kappa shape index (κ2) is 7.64. The van der Waals surface area contributed by atoms with E-state index in [0.29, 0.717) is 27.0 Å². The third-order valence-corrected chi connectivity index (χ3v) is 5.68. The molecule has 1 aromatic heterocycles. The number of aryl methyl sites for hydroxylation is 1. The first-order chi connectivity index (χ1) is 12.0. The maximum atomic E-state index is 12.8. The summed E-state index contributed by atoms with van der Waals surface area (Å²) in [5.41, 5.74) is 2.08. The molecule has 0 radical (unpaired) electrons. The molecule has 5 nitrogen and oxygen atoms in total. The van der Waals surface area contributed by atoms with Crippen molar-refractivity contribution in [1.82, 2.24) is 0 Å². The number of alkyl halides is 1. The third-order valence-electron chi connectivity index (χ3n) is 3.93. The summed E-state index contributed by atoms with van der Waals surface area (Å²) in [6, 6.07) is 5.03. The number of carbonyl (C=O) groups excluding carboxylic acids is 2. The molecule has 0 unspecified atom stereocenters. The molecule has 0 atom stereocenters. The van der Waals surface area contributed by atoms with Crippen molar-refractivity contribution in [1.29, 1.82) is 0 Å². The molecule has 0 aliphatic heterocycles. The third kappa shape index (κ3) is 3.76. The van der Waals surface area contributed by atoms with Crippen molar-refractivity contribution in [2.45, 2.75) is 19.3 Å². The molecule has 0 fully saturated rings. The van der Waals surface area contributed by atoms with Crippen LogP contribution >= 0.6 is 34.5 Å². The summed E-state index contributed by atoms with van der Waals surface area (Å²) >= 11 is 13.1. The van der Waals surface area contributed by atoms with E-state index in [0.717, 1.165) is 29.7 Å². The van der Waals surface area contributed by atoms with Crippen LogP contribution in [-0.4, -0.2) is 24.8 Å². The van der Waals surface area contributed by atoms with Crippen LogP contribution in [0.1, 0.15) is 27.2 Å². The normalized spacial score (nSPS) is 12.6. The van der Waals surface area contributed by atoms with Gasteiger partial charge in [-0.05, 0) is 43.0 Å². The van der Waals surface area contributed by atoms with Gasteiger partial charge in [0.25, 0.3) is 5.91 Å². The highest BCUT2D eigenvalue weighted by molar-refractivity contribution is 7.17. The Labute approximate surface area is 159 Å². The van der Waals surface area contributed by atoms with Gasteiger partial charge < -0.3 is 15.4 Å². The lowest BCUT2D eigenvalue weighted by Crippen LogP contribution is -2.18. The van der Waals surface area contributed by atoms with Crippen LogP contribution in [0.3, 0.4) is 0 Å². The quantitative estimate of drug-likeness (QED) is 0.736. The first kappa shape index (κ1) is 18.0. The fourth-order valence-corrected chi connectivity index (χ4v) is 4.46. The molecular formula is C17H16Cl2N2O3S. The summed E-state index contributed by atoms with van der Waals surface area (Å²) in [7, 11) is 1.53. The van der Waals surface area contributed by atoms with E-state index in [1.54, 1.807) is 18.2 Å². The number of benzene rings is 1. The van der Waals surface area contributed by atoms with E-state index in [-0.39, 0.29) is 17.7 Å². The number of hydrogen-bond acceptors (Lipinski definition) is 4. The van der Waals surface area contributed by atoms with Gasteiger partial charge in [-0.2, -0.15) is 0 Å². The monoisotopic (exact) mass is 398 g/mol. The number of carbonyl (C=O) groups is 2. The van der Waals surface area contributed by atoms with E-state index in [2.05, 4.69) is 10.6 Å². The number of fused-ring (bicyclic) bond motifs is 1. The van der Waals surface area contributed by atoms with Gasteiger partial charge in [0.05, 0.1) is 17.7 Å². The lowest BCUT2D eigenvalue weighted by atomic mass is 10.1. The van der Waals surface area contributed by atoms with Crippen LogP contribution in [0.15, 0.2) is 18.2 Å². The molecule has 25 heavy (non-hydrogen) atoms. The Morgan fingerprint density at radius 1 is 1.28 bits per heavy atom. The summed E-state index contributed by atoms with van der Waals surface area (Å²) in [6.07, 6.45) is 2.76. The smallest absolute Gasteiger partial charge is 0.258 e. The van der Waals surface area contributed by atoms with Gasteiger partial charge in [0, 0.05) is 10.6 Å². The Morgan fingerprint density at radius 2 is 2.08 bits per heavy atom. The van der Waals surface area contributed by atoms with E-state index >= 15 is 0 Å².